The van der Waals surface area contributed by atoms with Crippen molar-refractivity contribution in [1.82, 2.24) is 9.55 Å². The summed E-state index contributed by atoms with van der Waals surface area (Å²) in [5.41, 5.74) is 2.16. The summed E-state index contributed by atoms with van der Waals surface area (Å²) in [4.78, 5) is 15.3. The molecule has 1 aromatic heterocycles. The summed E-state index contributed by atoms with van der Waals surface area (Å²) in [5.74, 6) is -0.371. The average Bonchev–Trinajstić information content (AvgIpc) is 2.89. The maximum Gasteiger partial charge on any atom is 0.332 e. The van der Waals surface area contributed by atoms with Crippen LogP contribution in [0.5, 0.6) is 0 Å². The lowest BCUT2D eigenvalue weighted by atomic mass is 10.1. The molecule has 0 spiro atoms. The van der Waals surface area contributed by atoms with Crippen LogP contribution in [0.2, 0.25) is 0 Å². The lowest BCUT2D eigenvalue weighted by Crippen LogP contribution is -2.05. The predicted molar refractivity (Wildman–Crippen MR) is 68.5 cm³/mol. The van der Waals surface area contributed by atoms with Crippen molar-refractivity contribution in [3.8, 4) is 0 Å². The van der Waals surface area contributed by atoms with Gasteiger partial charge >= 0.3 is 5.97 Å². The number of aromatic nitrogens is 2. The zero-order valence-corrected chi connectivity index (χ0v) is 10.1. The van der Waals surface area contributed by atoms with E-state index in [1.165, 1.54) is 11.6 Å². The van der Waals surface area contributed by atoms with E-state index in [1.54, 1.807) is 29.4 Å². The summed E-state index contributed by atoms with van der Waals surface area (Å²) >= 11 is 0. The van der Waals surface area contributed by atoms with E-state index >= 15 is 0 Å². The zero-order valence-electron chi connectivity index (χ0n) is 10.1. The van der Waals surface area contributed by atoms with Gasteiger partial charge in [-0.3, -0.25) is 0 Å². The number of imidazole rings is 1. The minimum atomic E-state index is -0.371. The third kappa shape index (κ3) is 3.59. The van der Waals surface area contributed by atoms with Gasteiger partial charge in [0.2, 0.25) is 0 Å². The molecule has 0 radical (unpaired) electrons. The molecule has 0 atom stereocenters. The molecule has 92 valence electrons. The predicted octanol–water partition coefficient (Wildman–Crippen LogP) is 2.41. The van der Waals surface area contributed by atoms with Gasteiger partial charge in [0.15, 0.2) is 6.73 Å². The van der Waals surface area contributed by atoms with Crippen LogP contribution in [-0.4, -0.2) is 15.5 Å². The first-order valence-corrected chi connectivity index (χ1v) is 5.61. The van der Waals surface area contributed by atoms with Gasteiger partial charge in [0.25, 0.3) is 0 Å². The molecule has 0 aliphatic rings. The fourth-order valence-electron chi connectivity index (χ4n) is 1.39. The Morgan fingerprint density at radius 2 is 2.17 bits per heavy atom. The Balaban J connectivity index is 1.85. The van der Waals surface area contributed by atoms with Gasteiger partial charge in [-0.2, -0.15) is 0 Å². The van der Waals surface area contributed by atoms with Crippen LogP contribution in [0, 0.1) is 6.92 Å². The summed E-state index contributed by atoms with van der Waals surface area (Å²) in [5, 5.41) is 0. The van der Waals surface area contributed by atoms with Gasteiger partial charge in [-0.1, -0.05) is 29.8 Å². The second-order valence-corrected chi connectivity index (χ2v) is 3.91. The Kier molecular flexibility index (Phi) is 3.91. The van der Waals surface area contributed by atoms with E-state index in [4.69, 9.17) is 4.74 Å². The number of esters is 1. The zero-order chi connectivity index (χ0) is 12.8. The Hall–Kier alpha value is -2.36. The SMILES string of the molecule is Cc1ccc(C=CC(=O)OCn2ccnc2)cc1. The first-order valence-electron chi connectivity index (χ1n) is 5.61. The van der Waals surface area contributed by atoms with Crippen LogP contribution in [0.15, 0.2) is 49.1 Å². The molecule has 0 fully saturated rings. The molecular formula is C14H14N2O2. The van der Waals surface area contributed by atoms with Crippen molar-refractivity contribution < 1.29 is 9.53 Å². The number of hydrogen-bond acceptors (Lipinski definition) is 3. The van der Waals surface area contributed by atoms with Gasteiger partial charge in [0, 0.05) is 18.5 Å². The molecule has 1 aromatic carbocycles. The van der Waals surface area contributed by atoms with E-state index in [2.05, 4.69) is 4.98 Å². The molecule has 0 aliphatic heterocycles. The largest absolute Gasteiger partial charge is 0.441 e. The van der Waals surface area contributed by atoms with E-state index in [-0.39, 0.29) is 12.7 Å². The van der Waals surface area contributed by atoms with E-state index < -0.39 is 0 Å². The number of carbonyl (C=O) groups is 1. The second kappa shape index (κ2) is 5.82. The summed E-state index contributed by atoms with van der Waals surface area (Å²) in [6.07, 6.45) is 8.11. The fraction of sp³-hybridized carbons (Fsp3) is 0.143. The van der Waals surface area contributed by atoms with Crippen molar-refractivity contribution in [1.29, 1.82) is 0 Å². The van der Waals surface area contributed by atoms with Crippen LogP contribution >= 0.6 is 0 Å². The normalized spacial score (nSPS) is 10.7. The highest BCUT2D eigenvalue weighted by atomic mass is 16.5. The molecule has 4 heteroatoms. The molecule has 0 bridgehead atoms. The Morgan fingerprint density at radius 1 is 1.39 bits per heavy atom. The van der Waals surface area contributed by atoms with Gasteiger partial charge in [-0.15, -0.1) is 0 Å². The number of benzene rings is 1. The van der Waals surface area contributed by atoms with Crippen molar-refractivity contribution >= 4 is 12.0 Å². The lowest BCUT2D eigenvalue weighted by Gasteiger charge is -2.01. The molecule has 4 nitrogen and oxygen atoms in total. The van der Waals surface area contributed by atoms with Crippen LogP contribution in [0.1, 0.15) is 11.1 Å². The number of rotatable bonds is 4. The van der Waals surface area contributed by atoms with E-state index in [1.807, 2.05) is 31.2 Å². The maximum absolute atomic E-state index is 11.4. The fourth-order valence-corrected chi connectivity index (χ4v) is 1.39. The molecule has 0 saturated carbocycles. The summed E-state index contributed by atoms with van der Waals surface area (Å²) in [6, 6.07) is 7.90. The smallest absolute Gasteiger partial charge is 0.332 e. The minimum Gasteiger partial charge on any atom is -0.441 e. The molecule has 18 heavy (non-hydrogen) atoms. The number of ether oxygens (including phenoxy) is 1. The van der Waals surface area contributed by atoms with E-state index in [9.17, 15) is 4.79 Å². The molecule has 0 saturated heterocycles. The van der Waals surface area contributed by atoms with Crippen molar-refractivity contribution in [2.45, 2.75) is 13.7 Å². The summed E-state index contributed by atoms with van der Waals surface area (Å²) in [7, 11) is 0. The monoisotopic (exact) mass is 242 g/mol. The van der Waals surface area contributed by atoms with Crippen molar-refractivity contribution in [2.24, 2.45) is 0 Å². The van der Waals surface area contributed by atoms with Crippen molar-refractivity contribution in [2.75, 3.05) is 0 Å². The maximum atomic E-state index is 11.4. The van der Waals surface area contributed by atoms with Gasteiger partial charge in [-0.25, -0.2) is 9.78 Å². The Bertz CT molecular complexity index is 527. The molecule has 0 aliphatic carbocycles. The lowest BCUT2D eigenvalue weighted by molar-refractivity contribution is -0.141. The van der Waals surface area contributed by atoms with Gasteiger partial charge in [-0.05, 0) is 18.6 Å². The number of carbonyl (C=O) groups excluding carboxylic acids is 1. The number of hydrogen-bond donors (Lipinski definition) is 0. The summed E-state index contributed by atoms with van der Waals surface area (Å²) < 4.78 is 6.71. The van der Waals surface area contributed by atoms with Crippen molar-refractivity contribution in [3.05, 3.63) is 60.2 Å². The molecule has 2 aromatic rings. The quantitative estimate of drug-likeness (QED) is 0.611. The highest BCUT2D eigenvalue weighted by Crippen LogP contribution is 2.05. The molecule has 1 heterocycles. The average molecular weight is 242 g/mol. The van der Waals surface area contributed by atoms with Gasteiger partial charge < -0.3 is 9.30 Å². The third-order valence-corrected chi connectivity index (χ3v) is 2.40. The van der Waals surface area contributed by atoms with Gasteiger partial charge in [0.05, 0.1) is 6.33 Å². The Morgan fingerprint density at radius 3 is 2.83 bits per heavy atom. The molecule has 0 unspecified atom stereocenters. The number of aryl methyl sites for hydroxylation is 1. The topological polar surface area (TPSA) is 44.1 Å². The first-order chi connectivity index (χ1) is 8.74. The molecular weight excluding hydrogens is 228 g/mol. The Labute approximate surface area is 106 Å². The van der Waals surface area contributed by atoms with Crippen LogP contribution in [0.25, 0.3) is 6.08 Å². The van der Waals surface area contributed by atoms with Gasteiger partial charge in [0.1, 0.15) is 0 Å². The van der Waals surface area contributed by atoms with Crippen LogP contribution < -0.4 is 0 Å². The first kappa shape index (κ1) is 12.1. The minimum absolute atomic E-state index is 0.178. The highest BCUT2D eigenvalue weighted by molar-refractivity contribution is 5.86. The molecule has 0 amide bonds. The van der Waals surface area contributed by atoms with E-state index in [0.717, 1.165) is 5.56 Å². The standard InChI is InChI=1S/C14H14N2O2/c1-12-2-4-13(5-3-12)6-7-14(17)18-11-16-9-8-15-10-16/h2-10H,11H2,1H3. The second-order valence-electron chi connectivity index (χ2n) is 3.91. The summed E-state index contributed by atoms with van der Waals surface area (Å²) in [6.45, 7) is 2.20. The highest BCUT2D eigenvalue weighted by Gasteiger charge is 1.97. The van der Waals surface area contributed by atoms with Crippen LogP contribution in [0.4, 0.5) is 0 Å². The van der Waals surface area contributed by atoms with Crippen LogP contribution in [-0.2, 0) is 16.3 Å². The number of nitrogens with zero attached hydrogens (tertiary/aromatic N) is 2. The van der Waals surface area contributed by atoms with Crippen molar-refractivity contribution in [3.63, 3.8) is 0 Å². The molecule has 2 rings (SSSR count). The third-order valence-electron chi connectivity index (χ3n) is 2.40. The molecule has 0 N–H and O–H groups in total. The van der Waals surface area contributed by atoms with E-state index in [0.29, 0.717) is 0 Å². The van der Waals surface area contributed by atoms with Crippen LogP contribution in [0.3, 0.4) is 0 Å².